The highest BCUT2D eigenvalue weighted by Gasteiger charge is 2.63. The maximum absolute atomic E-state index is 13.3. The summed E-state index contributed by atoms with van der Waals surface area (Å²) in [6.07, 6.45) is 22.4. The second-order valence-electron chi connectivity index (χ2n) is 24.9. The molecule has 14 bridgehead atoms. The molecule has 14 rings (SSSR count). The minimum atomic E-state index is -0.298. The van der Waals surface area contributed by atoms with E-state index in [4.69, 9.17) is 4.74 Å². The predicted octanol–water partition coefficient (Wildman–Crippen LogP) is 10.6. The van der Waals surface area contributed by atoms with Crippen LogP contribution in [0.15, 0.2) is 0 Å². The largest absolute Gasteiger partial charge is 0.466 e. The van der Waals surface area contributed by atoms with Crippen molar-refractivity contribution in [3.8, 4) is 0 Å². The van der Waals surface area contributed by atoms with E-state index in [1.54, 1.807) is 0 Å². The first-order valence-corrected chi connectivity index (χ1v) is 26.6. The Labute approximate surface area is 376 Å². The average molecular weight is 863 g/mol. The molecule has 2 unspecified atom stereocenters. The molecule has 14 fully saturated rings. The zero-order valence-electron chi connectivity index (χ0n) is 40.4. The van der Waals surface area contributed by atoms with Crippen molar-refractivity contribution < 1.29 is 29.3 Å². The number of carbonyl (C=O) groups is 3. The standard InChI is InChI=1S/C54H90N2O6/c1-8-11-40-49-42-21-23-51(40,4)32-33(2)12-10-27-62-48(61)18-15-34(3)39-16-17-41-50-43(22-26-54(39,41)7)53(6)25-20-38(29-36(53)31-45(50)58)56-47(60)14-9-13-46(59)55-37-19-24-52(42,5)35(28-37)30-44(49)57/h33-45,49-50,57-58H,8-32H2,1-7H3,(H,55,59)(H,56,60)/t33-,34-,35?,36?,37-,38-,39-,40+,41+,42+,43+,44+,45+,49+,50+,51-,52+,53+,54-/m1/s1. The number of hydrogen-bond acceptors (Lipinski definition) is 6. The van der Waals surface area contributed by atoms with Crippen LogP contribution in [0.2, 0.25) is 0 Å². The molecule has 7 saturated carbocycles. The van der Waals surface area contributed by atoms with Crippen molar-refractivity contribution in [2.45, 2.75) is 227 Å². The normalized spacial score (nSPS) is 50.9. The summed E-state index contributed by atoms with van der Waals surface area (Å²) in [5, 5.41) is 30.8. The number of ether oxygens (including phenoxy) is 1. The van der Waals surface area contributed by atoms with Gasteiger partial charge in [-0.3, -0.25) is 14.4 Å². The van der Waals surface area contributed by atoms with Gasteiger partial charge in [0.25, 0.3) is 0 Å². The molecule has 8 nitrogen and oxygen atoms in total. The van der Waals surface area contributed by atoms with Gasteiger partial charge in [0, 0.05) is 31.3 Å². The molecule has 7 saturated heterocycles. The van der Waals surface area contributed by atoms with Crippen molar-refractivity contribution >= 4 is 17.8 Å². The number of aliphatic hydroxyl groups excluding tert-OH is 2. The zero-order valence-corrected chi connectivity index (χ0v) is 40.4. The van der Waals surface area contributed by atoms with Gasteiger partial charge in [0.2, 0.25) is 11.8 Å². The van der Waals surface area contributed by atoms with E-state index in [9.17, 15) is 24.6 Å². The molecule has 0 spiro atoms. The van der Waals surface area contributed by atoms with Crippen molar-refractivity contribution in [2.75, 3.05) is 6.61 Å². The molecule has 0 radical (unpaired) electrons. The van der Waals surface area contributed by atoms with E-state index >= 15 is 0 Å². The summed E-state index contributed by atoms with van der Waals surface area (Å²) < 4.78 is 5.92. The van der Waals surface area contributed by atoms with Crippen LogP contribution in [0.1, 0.15) is 203 Å². The molecular weight excluding hydrogens is 773 g/mol. The first-order valence-electron chi connectivity index (χ1n) is 26.6. The first kappa shape index (κ1) is 46.8. The van der Waals surface area contributed by atoms with Gasteiger partial charge in [0.1, 0.15) is 0 Å². The van der Waals surface area contributed by atoms with Gasteiger partial charge in [-0.2, -0.15) is 0 Å². The zero-order chi connectivity index (χ0) is 44.2. The summed E-state index contributed by atoms with van der Waals surface area (Å²) in [4.78, 5) is 39.9. The number of carbonyl (C=O) groups excluding carboxylic acids is 3. The van der Waals surface area contributed by atoms with Gasteiger partial charge < -0.3 is 25.6 Å². The number of amides is 2. The highest BCUT2D eigenvalue weighted by Crippen LogP contribution is 2.69. The van der Waals surface area contributed by atoms with E-state index < -0.39 is 0 Å². The molecule has 7 aliphatic carbocycles. The van der Waals surface area contributed by atoms with E-state index in [2.05, 4.69) is 59.1 Å². The third-order valence-corrected chi connectivity index (χ3v) is 21.5. The van der Waals surface area contributed by atoms with Crippen molar-refractivity contribution in [3.63, 3.8) is 0 Å². The molecule has 7 aliphatic heterocycles. The lowest BCUT2D eigenvalue weighted by atomic mass is 9.43. The summed E-state index contributed by atoms with van der Waals surface area (Å²) in [6, 6.07) is 0.277. The second-order valence-corrected chi connectivity index (χ2v) is 24.9. The maximum atomic E-state index is 13.3. The lowest BCUT2D eigenvalue weighted by Gasteiger charge is -2.63. The number of nitrogens with one attached hydrogen (secondary N) is 2. The molecule has 0 aromatic carbocycles. The Bertz CT molecular complexity index is 1600. The number of rotatable bonds is 2. The van der Waals surface area contributed by atoms with E-state index in [0.717, 1.165) is 83.5 Å². The van der Waals surface area contributed by atoms with E-state index in [1.807, 2.05) is 0 Å². The Morgan fingerprint density at radius 2 is 1.16 bits per heavy atom. The molecule has 62 heavy (non-hydrogen) atoms. The smallest absolute Gasteiger partial charge is 0.305 e. The van der Waals surface area contributed by atoms with Crippen molar-refractivity contribution in [3.05, 3.63) is 0 Å². The minimum absolute atomic E-state index is 0.0404. The Morgan fingerprint density at radius 1 is 0.613 bits per heavy atom. The Balaban J connectivity index is 0.952. The lowest BCUT2D eigenvalue weighted by molar-refractivity contribution is -0.171. The summed E-state index contributed by atoms with van der Waals surface area (Å²) in [7, 11) is 0. The van der Waals surface area contributed by atoms with Crippen LogP contribution in [-0.2, 0) is 19.1 Å². The van der Waals surface area contributed by atoms with Gasteiger partial charge in [-0.1, -0.05) is 54.9 Å². The third kappa shape index (κ3) is 8.83. The molecule has 0 aromatic heterocycles. The van der Waals surface area contributed by atoms with Crippen LogP contribution in [0.5, 0.6) is 0 Å². The number of esters is 1. The van der Waals surface area contributed by atoms with Gasteiger partial charge in [-0.25, -0.2) is 0 Å². The van der Waals surface area contributed by atoms with Crippen LogP contribution in [0.3, 0.4) is 0 Å². The molecule has 352 valence electrons. The monoisotopic (exact) mass is 863 g/mol. The minimum Gasteiger partial charge on any atom is -0.466 e. The SMILES string of the molecule is CCC[C@H]1[C@@H]2[C@@H](O)CC3C[C@H]4CC[C@]3(C)[C@H]2CC[C@]1(C)C[C@H](C)CCCOC(=O)CC[C@@H](C)[C@H]1CC[C@H]2[C@@H]3[C@@H](O)CC5C[C@@H](CC[C@]5(C)[C@H]3CC[C@]12C)NC(=O)CCCC(=O)N4. The van der Waals surface area contributed by atoms with Gasteiger partial charge in [0.05, 0.1) is 18.8 Å². The summed E-state index contributed by atoms with van der Waals surface area (Å²) >= 11 is 0. The van der Waals surface area contributed by atoms with Gasteiger partial charge in [-0.05, 0) is 215 Å². The quantitative estimate of drug-likeness (QED) is 0.205. The summed E-state index contributed by atoms with van der Waals surface area (Å²) in [6.45, 7) is 17.7. The predicted molar refractivity (Wildman–Crippen MR) is 245 cm³/mol. The molecule has 0 aromatic rings. The molecule has 7 heterocycles. The molecule has 8 heteroatoms. The summed E-state index contributed by atoms with van der Waals surface area (Å²) in [5.41, 5.74) is 0.767. The fraction of sp³-hybridized carbons (Fsp3) is 0.944. The first-order chi connectivity index (χ1) is 29.5. The van der Waals surface area contributed by atoms with Gasteiger partial charge in [0.15, 0.2) is 0 Å². The molecule has 19 atom stereocenters. The highest BCUT2D eigenvalue weighted by molar-refractivity contribution is 5.79. The molecule has 2 amide bonds. The second kappa shape index (κ2) is 18.5. The van der Waals surface area contributed by atoms with E-state index in [0.29, 0.717) is 97.4 Å². The van der Waals surface area contributed by atoms with Crippen LogP contribution in [0, 0.1) is 86.8 Å². The van der Waals surface area contributed by atoms with Gasteiger partial charge in [-0.15, -0.1) is 0 Å². The molecule has 4 N–H and O–H groups in total. The van der Waals surface area contributed by atoms with Gasteiger partial charge >= 0.3 is 5.97 Å². The fourth-order valence-corrected chi connectivity index (χ4v) is 18.3. The molecular formula is C54H90N2O6. The van der Waals surface area contributed by atoms with Crippen molar-refractivity contribution in [1.82, 2.24) is 10.6 Å². The van der Waals surface area contributed by atoms with Crippen LogP contribution in [-0.4, -0.2) is 58.9 Å². The van der Waals surface area contributed by atoms with Crippen LogP contribution in [0.25, 0.3) is 0 Å². The highest BCUT2D eigenvalue weighted by atomic mass is 16.5. The lowest BCUT2D eigenvalue weighted by Crippen LogP contribution is -2.60. The number of hydrogen-bond donors (Lipinski definition) is 4. The van der Waals surface area contributed by atoms with E-state index in [1.165, 1.54) is 44.9 Å². The third-order valence-electron chi connectivity index (χ3n) is 21.5. The molecule has 14 aliphatic rings. The average Bonchev–Trinajstić information content (AvgIpc) is 3.57. The summed E-state index contributed by atoms with van der Waals surface area (Å²) in [5.74, 6) is 5.20. The number of aliphatic hydroxyl groups is 2. The topological polar surface area (TPSA) is 125 Å². The Morgan fingerprint density at radius 3 is 1.79 bits per heavy atom. The Kier molecular flexibility index (Phi) is 14.0. The maximum Gasteiger partial charge on any atom is 0.305 e. The van der Waals surface area contributed by atoms with Crippen molar-refractivity contribution in [2.24, 2.45) is 86.8 Å². The van der Waals surface area contributed by atoms with Crippen LogP contribution >= 0.6 is 0 Å². The fourth-order valence-electron chi connectivity index (χ4n) is 18.3. The van der Waals surface area contributed by atoms with Crippen LogP contribution < -0.4 is 10.6 Å². The Hall–Kier alpha value is -1.67. The van der Waals surface area contributed by atoms with Crippen LogP contribution in [0.4, 0.5) is 0 Å². The van der Waals surface area contributed by atoms with Crippen molar-refractivity contribution in [1.29, 1.82) is 0 Å². The van der Waals surface area contributed by atoms with E-state index in [-0.39, 0.29) is 63.7 Å².